The van der Waals surface area contributed by atoms with E-state index in [0.29, 0.717) is 41.9 Å². The molecule has 3 rings (SSSR count). The topological polar surface area (TPSA) is 94.2 Å². The van der Waals surface area contributed by atoms with Crippen molar-refractivity contribution in [3.05, 3.63) is 76.3 Å². The highest BCUT2D eigenvalue weighted by Gasteiger charge is 2.29. The maximum absolute atomic E-state index is 13.6. The molecular weight excluding hydrogens is 458 g/mol. The predicted octanol–water partition coefficient (Wildman–Crippen LogP) is 6.50. The summed E-state index contributed by atoms with van der Waals surface area (Å²) >= 11 is 0. The number of para-hydroxylation sites is 1. The smallest absolute Gasteiger partial charge is 0.216 e. The molecule has 35 heavy (non-hydrogen) atoms. The summed E-state index contributed by atoms with van der Waals surface area (Å²) in [5, 5.41) is 20.2. The second-order valence-electron chi connectivity index (χ2n) is 8.44. The Morgan fingerprint density at radius 1 is 0.886 bits per heavy atom. The third-order valence-corrected chi connectivity index (χ3v) is 7.70. The molecule has 0 N–H and O–H groups in total. The fraction of sp³-hybridized carbons (Fsp3) is 0.357. The highest BCUT2D eigenvalue weighted by Crippen LogP contribution is 2.33. The third-order valence-electron chi connectivity index (χ3n) is 5.93. The fourth-order valence-electron chi connectivity index (χ4n) is 4.29. The number of nitriles is 2. The molecule has 2 aromatic carbocycles. The minimum atomic E-state index is -4.13. The van der Waals surface area contributed by atoms with Gasteiger partial charge in [0.2, 0.25) is 9.84 Å². The molecule has 0 saturated carbocycles. The lowest BCUT2D eigenvalue weighted by Crippen LogP contribution is -2.21. The molecule has 1 heterocycles. The van der Waals surface area contributed by atoms with Crippen LogP contribution in [0.4, 0.5) is 0 Å². The van der Waals surface area contributed by atoms with E-state index in [9.17, 15) is 18.9 Å². The number of hydrogen-bond acceptors (Lipinski definition) is 6. The van der Waals surface area contributed by atoms with Crippen molar-refractivity contribution in [1.82, 2.24) is 4.90 Å². The zero-order valence-corrected chi connectivity index (χ0v) is 21.1. The third kappa shape index (κ3) is 6.12. The number of benzene rings is 2. The molecule has 0 spiro atoms. The van der Waals surface area contributed by atoms with Crippen LogP contribution in [0.25, 0.3) is 0 Å². The Bertz CT molecular complexity index is 1260. The lowest BCUT2D eigenvalue weighted by molar-refractivity contribution is 0.404. The van der Waals surface area contributed by atoms with Crippen LogP contribution in [-0.2, 0) is 9.84 Å². The van der Waals surface area contributed by atoms with E-state index in [1.54, 1.807) is 12.1 Å². The highest BCUT2D eigenvalue weighted by molar-refractivity contribution is 7.95. The summed E-state index contributed by atoms with van der Waals surface area (Å²) in [6.45, 7) is 5.64. The average Bonchev–Trinajstić information content (AvgIpc) is 3.40. The van der Waals surface area contributed by atoms with Gasteiger partial charge in [-0.2, -0.15) is 10.5 Å². The van der Waals surface area contributed by atoms with E-state index in [1.165, 1.54) is 12.1 Å². The summed E-state index contributed by atoms with van der Waals surface area (Å²) in [4.78, 5) is 1.83. The Morgan fingerprint density at radius 3 is 2.03 bits per heavy atom. The SMILES string of the molecule is CCCC(/C(C#N)=C(\CCC)N1CCCC1)=C(\C#N)S(=O)(=O)c1ccc(Oc2ccccc2)cc1. The molecule has 0 radical (unpaired) electrons. The molecule has 0 aromatic heterocycles. The molecule has 1 aliphatic rings. The summed E-state index contributed by atoms with van der Waals surface area (Å²) < 4.78 is 33.0. The number of ether oxygens (including phenoxy) is 1. The van der Waals surface area contributed by atoms with Crippen LogP contribution < -0.4 is 4.74 Å². The van der Waals surface area contributed by atoms with Crippen LogP contribution in [0, 0.1) is 22.7 Å². The van der Waals surface area contributed by atoms with Gasteiger partial charge in [-0.1, -0.05) is 44.9 Å². The molecule has 1 fully saturated rings. The molecule has 0 atom stereocenters. The van der Waals surface area contributed by atoms with Gasteiger partial charge in [-0.25, -0.2) is 8.42 Å². The molecular formula is C28H31N3O3S. The molecule has 2 aromatic rings. The van der Waals surface area contributed by atoms with Gasteiger partial charge in [0, 0.05) is 24.4 Å². The largest absolute Gasteiger partial charge is 0.457 e. The van der Waals surface area contributed by atoms with Crippen molar-refractivity contribution in [3.63, 3.8) is 0 Å². The number of nitrogens with zero attached hydrogens (tertiary/aromatic N) is 3. The zero-order chi connectivity index (χ0) is 25.3. The number of rotatable bonds is 10. The summed E-state index contributed by atoms with van der Waals surface area (Å²) in [7, 11) is -4.13. The van der Waals surface area contributed by atoms with Crippen LogP contribution in [0.5, 0.6) is 11.5 Å². The van der Waals surface area contributed by atoms with Gasteiger partial charge in [-0.3, -0.25) is 0 Å². The molecule has 0 unspecified atom stereocenters. The van der Waals surface area contributed by atoms with Gasteiger partial charge < -0.3 is 9.64 Å². The van der Waals surface area contributed by atoms with Gasteiger partial charge in [-0.05, 0) is 62.1 Å². The Balaban J connectivity index is 2.07. The zero-order valence-electron chi connectivity index (χ0n) is 20.3. The minimum absolute atomic E-state index is 0.00133. The van der Waals surface area contributed by atoms with Crippen LogP contribution in [0.3, 0.4) is 0 Å². The molecule has 1 aliphatic heterocycles. The summed E-state index contributed by atoms with van der Waals surface area (Å²) in [5.74, 6) is 1.13. The Kier molecular flexibility index (Phi) is 9.11. The molecule has 0 amide bonds. The lowest BCUT2D eigenvalue weighted by Gasteiger charge is -2.24. The van der Waals surface area contributed by atoms with E-state index in [4.69, 9.17) is 4.74 Å². The summed E-state index contributed by atoms with van der Waals surface area (Å²) in [5.41, 5.74) is 1.50. The number of hydrogen-bond donors (Lipinski definition) is 0. The predicted molar refractivity (Wildman–Crippen MR) is 136 cm³/mol. The standard InChI is InChI=1S/C28H31N3O3S/c1-3-10-25(26(20-29)27(11-4-2)31-18-8-9-19-31)28(21-30)35(32,33)24-16-14-23(15-17-24)34-22-12-6-5-7-13-22/h5-7,12-17H,3-4,8-11,18-19H2,1-2H3/b27-26+,28-25-. The first kappa shape index (κ1) is 26.1. The van der Waals surface area contributed by atoms with E-state index in [1.807, 2.05) is 50.2 Å². The van der Waals surface area contributed by atoms with E-state index in [0.717, 1.165) is 38.0 Å². The number of allylic oxidation sites excluding steroid dienone is 4. The number of likely N-dealkylation sites (tertiary alicyclic amines) is 1. The summed E-state index contributed by atoms with van der Waals surface area (Å²) in [6.07, 6.45) is 4.53. The first-order chi connectivity index (χ1) is 17.0. The van der Waals surface area contributed by atoms with E-state index < -0.39 is 9.84 Å². The molecule has 0 bridgehead atoms. The van der Waals surface area contributed by atoms with Gasteiger partial charge in [-0.15, -0.1) is 0 Å². The lowest BCUT2D eigenvalue weighted by atomic mass is 9.97. The van der Waals surface area contributed by atoms with E-state index in [2.05, 4.69) is 11.0 Å². The van der Waals surface area contributed by atoms with Crippen molar-refractivity contribution < 1.29 is 13.2 Å². The first-order valence-electron chi connectivity index (χ1n) is 12.1. The van der Waals surface area contributed by atoms with Crippen molar-refractivity contribution in [2.24, 2.45) is 0 Å². The van der Waals surface area contributed by atoms with Crippen molar-refractivity contribution in [2.45, 2.75) is 57.3 Å². The average molecular weight is 490 g/mol. The van der Waals surface area contributed by atoms with Crippen molar-refractivity contribution >= 4 is 9.84 Å². The normalized spacial score (nSPS) is 15.0. The van der Waals surface area contributed by atoms with Gasteiger partial charge >= 0.3 is 0 Å². The Hall–Kier alpha value is -3.55. The maximum Gasteiger partial charge on any atom is 0.216 e. The second-order valence-corrected chi connectivity index (χ2v) is 10.3. The molecule has 182 valence electrons. The second kappa shape index (κ2) is 12.2. The van der Waals surface area contributed by atoms with Gasteiger partial charge in [0.1, 0.15) is 23.6 Å². The molecule has 1 saturated heterocycles. The van der Waals surface area contributed by atoms with Crippen molar-refractivity contribution in [3.8, 4) is 23.6 Å². The molecule has 0 aliphatic carbocycles. The summed E-state index contributed by atoms with van der Waals surface area (Å²) in [6, 6.07) is 19.4. The first-order valence-corrected chi connectivity index (χ1v) is 13.5. The maximum atomic E-state index is 13.6. The van der Waals surface area contributed by atoms with Gasteiger partial charge in [0.05, 0.1) is 10.5 Å². The minimum Gasteiger partial charge on any atom is -0.457 e. The quantitative estimate of drug-likeness (QED) is 0.279. The van der Waals surface area contributed by atoms with E-state index >= 15 is 0 Å². The van der Waals surface area contributed by atoms with Crippen LogP contribution in [0.2, 0.25) is 0 Å². The Labute approximate surface area is 208 Å². The Morgan fingerprint density at radius 2 is 1.49 bits per heavy atom. The fourth-order valence-corrected chi connectivity index (χ4v) is 5.67. The molecule has 7 heteroatoms. The van der Waals surface area contributed by atoms with Crippen molar-refractivity contribution in [2.75, 3.05) is 13.1 Å². The van der Waals surface area contributed by atoms with Crippen LogP contribution in [-0.4, -0.2) is 26.4 Å². The highest BCUT2D eigenvalue weighted by atomic mass is 32.2. The monoisotopic (exact) mass is 489 g/mol. The van der Waals surface area contributed by atoms with Gasteiger partial charge in [0.25, 0.3) is 0 Å². The van der Waals surface area contributed by atoms with Gasteiger partial charge in [0.15, 0.2) is 4.91 Å². The molecule has 6 nitrogen and oxygen atoms in total. The van der Waals surface area contributed by atoms with Crippen LogP contribution >= 0.6 is 0 Å². The van der Waals surface area contributed by atoms with E-state index in [-0.39, 0.29) is 9.80 Å². The number of sulfone groups is 1. The van der Waals surface area contributed by atoms with Crippen molar-refractivity contribution in [1.29, 1.82) is 10.5 Å². The van der Waals surface area contributed by atoms with Crippen LogP contribution in [0.15, 0.2) is 81.2 Å². The van der Waals surface area contributed by atoms with Crippen LogP contribution in [0.1, 0.15) is 52.4 Å².